The van der Waals surface area contributed by atoms with Gasteiger partial charge in [-0.15, -0.1) is 5.10 Å². The lowest BCUT2D eigenvalue weighted by Gasteiger charge is -2.12. The van der Waals surface area contributed by atoms with Gasteiger partial charge >= 0.3 is 5.97 Å². The van der Waals surface area contributed by atoms with Crippen molar-refractivity contribution in [1.29, 1.82) is 0 Å². The van der Waals surface area contributed by atoms with Crippen molar-refractivity contribution in [2.45, 2.75) is 40.2 Å². The van der Waals surface area contributed by atoms with E-state index >= 15 is 0 Å². The average Bonchev–Trinajstić information content (AvgIpc) is 2.69. The molecule has 0 aliphatic rings. The standard InChI is InChI=1S/C12H20N4O3/c1-5-9(11(13)17)16-8(4)10(14-15-16)12(18)19-6-7(2)3/h7,9H,5-6H2,1-4H3,(H2,13,17). The van der Waals surface area contributed by atoms with E-state index in [2.05, 4.69) is 10.3 Å². The molecule has 0 aromatic carbocycles. The Labute approximate surface area is 112 Å². The van der Waals surface area contributed by atoms with Gasteiger partial charge in [0, 0.05) is 0 Å². The second-order valence-corrected chi connectivity index (χ2v) is 4.79. The van der Waals surface area contributed by atoms with Crippen molar-refractivity contribution in [2.24, 2.45) is 11.7 Å². The largest absolute Gasteiger partial charge is 0.461 e. The van der Waals surface area contributed by atoms with E-state index in [1.165, 1.54) is 4.68 Å². The van der Waals surface area contributed by atoms with Crippen LogP contribution in [0.5, 0.6) is 0 Å². The minimum Gasteiger partial charge on any atom is -0.461 e. The van der Waals surface area contributed by atoms with Crippen molar-refractivity contribution in [3.05, 3.63) is 11.4 Å². The number of aromatic nitrogens is 3. The molecule has 19 heavy (non-hydrogen) atoms. The van der Waals surface area contributed by atoms with E-state index in [0.717, 1.165) is 0 Å². The van der Waals surface area contributed by atoms with Crippen molar-refractivity contribution in [2.75, 3.05) is 6.61 Å². The molecule has 7 heteroatoms. The van der Waals surface area contributed by atoms with Gasteiger partial charge in [-0.05, 0) is 19.3 Å². The van der Waals surface area contributed by atoms with Crippen LogP contribution in [0.15, 0.2) is 0 Å². The molecule has 0 radical (unpaired) electrons. The Morgan fingerprint density at radius 1 is 1.42 bits per heavy atom. The summed E-state index contributed by atoms with van der Waals surface area (Å²) < 4.78 is 6.46. The van der Waals surface area contributed by atoms with E-state index in [9.17, 15) is 9.59 Å². The molecule has 2 N–H and O–H groups in total. The molecular weight excluding hydrogens is 248 g/mol. The van der Waals surface area contributed by atoms with E-state index < -0.39 is 17.9 Å². The number of esters is 1. The molecule has 0 saturated heterocycles. The molecule has 1 aromatic rings. The molecule has 0 spiro atoms. The summed E-state index contributed by atoms with van der Waals surface area (Å²) >= 11 is 0. The summed E-state index contributed by atoms with van der Waals surface area (Å²) in [5.41, 5.74) is 5.90. The van der Waals surface area contributed by atoms with Crippen LogP contribution in [-0.2, 0) is 9.53 Å². The van der Waals surface area contributed by atoms with Crippen LogP contribution in [0.1, 0.15) is 49.4 Å². The van der Waals surface area contributed by atoms with Gasteiger partial charge in [0.15, 0.2) is 5.69 Å². The maximum atomic E-state index is 11.8. The fraction of sp³-hybridized carbons (Fsp3) is 0.667. The van der Waals surface area contributed by atoms with E-state index in [1.54, 1.807) is 6.92 Å². The minimum absolute atomic E-state index is 0.125. The highest BCUT2D eigenvalue weighted by atomic mass is 16.5. The summed E-state index contributed by atoms with van der Waals surface area (Å²) in [7, 11) is 0. The molecule has 1 rings (SSSR count). The number of carbonyl (C=O) groups excluding carboxylic acids is 2. The first-order valence-electron chi connectivity index (χ1n) is 6.26. The Hall–Kier alpha value is -1.92. The maximum absolute atomic E-state index is 11.8. The molecule has 1 amide bonds. The number of ether oxygens (including phenoxy) is 1. The van der Waals surface area contributed by atoms with Crippen LogP contribution in [0.4, 0.5) is 0 Å². The Morgan fingerprint density at radius 2 is 2.05 bits per heavy atom. The predicted molar refractivity (Wildman–Crippen MR) is 68.4 cm³/mol. The van der Waals surface area contributed by atoms with Crippen LogP contribution < -0.4 is 5.73 Å². The fourth-order valence-corrected chi connectivity index (χ4v) is 1.63. The van der Waals surface area contributed by atoms with Gasteiger partial charge in [0.2, 0.25) is 5.91 Å². The zero-order chi connectivity index (χ0) is 14.6. The minimum atomic E-state index is -0.598. The third kappa shape index (κ3) is 3.52. The Bertz CT molecular complexity index is 468. The SMILES string of the molecule is CCC(C(N)=O)n1nnc(C(=O)OCC(C)C)c1C. The molecule has 1 aromatic heterocycles. The molecule has 0 saturated carbocycles. The lowest BCUT2D eigenvalue weighted by Crippen LogP contribution is -2.27. The summed E-state index contributed by atoms with van der Waals surface area (Å²) in [4.78, 5) is 23.1. The van der Waals surface area contributed by atoms with Crippen LogP contribution in [0.2, 0.25) is 0 Å². The quantitative estimate of drug-likeness (QED) is 0.770. The maximum Gasteiger partial charge on any atom is 0.360 e. The highest BCUT2D eigenvalue weighted by Gasteiger charge is 2.24. The van der Waals surface area contributed by atoms with E-state index in [1.807, 2.05) is 20.8 Å². The second kappa shape index (κ2) is 6.31. The zero-order valence-corrected chi connectivity index (χ0v) is 11.7. The number of primary amides is 1. The third-order valence-corrected chi connectivity index (χ3v) is 2.68. The number of rotatable bonds is 6. The lowest BCUT2D eigenvalue weighted by molar-refractivity contribution is -0.121. The fourth-order valence-electron chi connectivity index (χ4n) is 1.63. The van der Waals surface area contributed by atoms with Crippen LogP contribution >= 0.6 is 0 Å². The Balaban J connectivity index is 2.92. The first-order chi connectivity index (χ1) is 8.88. The molecule has 0 bridgehead atoms. The van der Waals surface area contributed by atoms with Crippen LogP contribution in [0, 0.1) is 12.8 Å². The molecule has 106 valence electrons. The van der Waals surface area contributed by atoms with E-state index in [0.29, 0.717) is 18.7 Å². The summed E-state index contributed by atoms with van der Waals surface area (Å²) in [6.45, 7) is 7.68. The predicted octanol–water partition coefficient (Wildman–Crippen LogP) is 0.836. The second-order valence-electron chi connectivity index (χ2n) is 4.79. The van der Waals surface area contributed by atoms with Crippen molar-refractivity contribution < 1.29 is 14.3 Å². The summed E-state index contributed by atoms with van der Waals surface area (Å²) in [5.74, 6) is -0.789. The lowest BCUT2D eigenvalue weighted by atomic mass is 10.2. The summed E-state index contributed by atoms with van der Waals surface area (Å²) in [5, 5.41) is 7.60. The highest BCUT2D eigenvalue weighted by Crippen LogP contribution is 2.15. The number of hydrogen-bond acceptors (Lipinski definition) is 5. The summed E-state index contributed by atoms with van der Waals surface area (Å²) in [6, 6.07) is -0.598. The van der Waals surface area contributed by atoms with Gasteiger partial charge in [-0.2, -0.15) is 0 Å². The first kappa shape index (κ1) is 15.1. The third-order valence-electron chi connectivity index (χ3n) is 2.68. The van der Waals surface area contributed by atoms with Gasteiger partial charge in [0.1, 0.15) is 6.04 Å². The molecule has 7 nitrogen and oxygen atoms in total. The van der Waals surface area contributed by atoms with Crippen molar-refractivity contribution in [1.82, 2.24) is 15.0 Å². The molecule has 0 aliphatic carbocycles. The normalized spacial score (nSPS) is 12.5. The van der Waals surface area contributed by atoms with E-state index in [4.69, 9.17) is 10.5 Å². The van der Waals surface area contributed by atoms with Gasteiger partial charge in [-0.25, -0.2) is 9.48 Å². The van der Waals surface area contributed by atoms with Crippen LogP contribution in [0.25, 0.3) is 0 Å². The first-order valence-corrected chi connectivity index (χ1v) is 6.26. The molecule has 1 atom stereocenters. The van der Waals surface area contributed by atoms with Crippen LogP contribution in [-0.4, -0.2) is 33.5 Å². The van der Waals surface area contributed by atoms with Gasteiger partial charge in [-0.3, -0.25) is 4.79 Å². The smallest absolute Gasteiger partial charge is 0.360 e. The van der Waals surface area contributed by atoms with Gasteiger partial charge in [0.25, 0.3) is 0 Å². The Morgan fingerprint density at radius 3 is 2.53 bits per heavy atom. The van der Waals surface area contributed by atoms with Crippen molar-refractivity contribution >= 4 is 11.9 Å². The monoisotopic (exact) mass is 268 g/mol. The molecule has 1 heterocycles. The van der Waals surface area contributed by atoms with Crippen molar-refractivity contribution in [3.63, 3.8) is 0 Å². The molecular formula is C12H20N4O3. The van der Waals surface area contributed by atoms with Gasteiger partial charge in [-0.1, -0.05) is 26.0 Å². The summed E-state index contributed by atoms with van der Waals surface area (Å²) in [6.07, 6.45) is 0.486. The van der Waals surface area contributed by atoms with E-state index in [-0.39, 0.29) is 11.6 Å². The Kier molecular flexibility index (Phi) is 5.02. The van der Waals surface area contributed by atoms with Gasteiger partial charge < -0.3 is 10.5 Å². The number of nitrogens with two attached hydrogens (primary N) is 1. The molecule has 0 aliphatic heterocycles. The topological polar surface area (TPSA) is 100 Å². The zero-order valence-electron chi connectivity index (χ0n) is 11.7. The van der Waals surface area contributed by atoms with Gasteiger partial charge in [0.05, 0.1) is 12.3 Å². The highest BCUT2D eigenvalue weighted by molar-refractivity contribution is 5.88. The number of hydrogen-bond donors (Lipinski definition) is 1. The molecule has 1 unspecified atom stereocenters. The van der Waals surface area contributed by atoms with Crippen molar-refractivity contribution in [3.8, 4) is 0 Å². The number of carbonyl (C=O) groups is 2. The number of nitrogens with zero attached hydrogens (tertiary/aromatic N) is 3. The number of amides is 1. The average molecular weight is 268 g/mol. The molecule has 0 fully saturated rings. The van der Waals surface area contributed by atoms with Crippen LogP contribution in [0.3, 0.4) is 0 Å².